The second-order valence-electron chi connectivity index (χ2n) is 11.2. The second-order valence-corrected chi connectivity index (χ2v) is 11.2. The van der Waals surface area contributed by atoms with Crippen molar-refractivity contribution >= 4 is 24.9 Å². The molecular weight excluding hydrogens is 644 g/mol. The minimum absolute atomic E-state index is 1.32. The van der Waals surface area contributed by atoms with E-state index in [4.69, 9.17) is 39.6 Å². The molecule has 4 saturated heterocycles. The lowest BCUT2D eigenvalue weighted by Gasteiger charge is -2.11. The van der Waals surface area contributed by atoms with Gasteiger partial charge in [0.25, 0.3) is 0 Å². The number of hydrogen-bond acceptors (Lipinski definition) is 8. The first-order chi connectivity index (χ1) is 22.7. The highest BCUT2D eigenvalue weighted by Gasteiger charge is 2.10. The fourth-order valence-electron chi connectivity index (χ4n) is 5.29. The predicted molar refractivity (Wildman–Crippen MR) is 180 cm³/mol. The van der Waals surface area contributed by atoms with Crippen molar-refractivity contribution in [3.63, 3.8) is 0 Å². The Labute approximate surface area is 285 Å². The topological polar surface area (TPSA) is 162 Å². The van der Waals surface area contributed by atoms with Gasteiger partial charge in [-0.15, -0.1) is 17.6 Å². The number of likely N-dealkylation sites (tertiary alicyclic amines) is 4. The third-order valence-electron chi connectivity index (χ3n) is 6.95. The zero-order valence-electron chi connectivity index (χ0n) is 29.7. The van der Waals surface area contributed by atoms with Crippen LogP contribution in [-0.4, -0.2) is 143 Å². The van der Waals surface area contributed by atoms with Crippen molar-refractivity contribution in [1.82, 2.24) is 19.6 Å². The molecular formula is C32H64F4N4O8. The van der Waals surface area contributed by atoms with Crippen LogP contribution in [0.25, 0.3) is 0 Å². The standard InChI is InChI=1S/4C7H15N.4CHFO2/c4*1-2-5-8-6-3-4-7-8;4*2-1(3)4/h4*2-7H2,1H3;4*(H,3,4). The molecule has 4 N–H and O–H groups in total. The number of halogens is 4. The smallest absolute Gasteiger partial charge is 0.456 e. The van der Waals surface area contributed by atoms with Crippen LogP contribution in [0.2, 0.25) is 0 Å². The van der Waals surface area contributed by atoms with Crippen molar-refractivity contribution in [3.8, 4) is 0 Å². The Hall–Kier alpha value is -2.56. The normalized spacial score (nSPS) is 16.8. The van der Waals surface area contributed by atoms with E-state index in [2.05, 4.69) is 47.3 Å². The van der Waals surface area contributed by atoms with Gasteiger partial charge in [-0.3, -0.25) is 0 Å². The Morgan fingerprint density at radius 2 is 0.479 bits per heavy atom. The minimum Gasteiger partial charge on any atom is -0.456 e. The molecule has 0 saturated carbocycles. The summed E-state index contributed by atoms with van der Waals surface area (Å²) in [6, 6.07) is 0. The molecule has 16 heteroatoms. The van der Waals surface area contributed by atoms with Crippen molar-refractivity contribution in [1.29, 1.82) is 0 Å². The summed E-state index contributed by atoms with van der Waals surface area (Å²) in [6.07, 6.45) is 7.39. The molecule has 0 unspecified atom stereocenters. The van der Waals surface area contributed by atoms with Crippen LogP contribution in [0.4, 0.5) is 36.7 Å². The monoisotopic (exact) mass is 708 g/mol. The minimum atomic E-state index is -2.33. The van der Waals surface area contributed by atoms with Gasteiger partial charge in [-0.05, 0) is 156 Å². The van der Waals surface area contributed by atoms with Gasteiger partial charge in [0, 0.05) is 0 Å². The average molecular weight is 709 g/mol. The Kier molecular flexibility index (Phi) is 44.2. The third-order valence-corrected chi connectivity index (χ3v) is 6.95. The van der Waals surface area contributed by atoms with Gasteiger partial charge in [-0.2, -0.15) is 0 Å². The third kappa shape index (κ3) is 55.8. The summed E-state index contributed by atoms with van der Waals surface area (Å²) in [5, 5.41) is 27.0. The highest BCUT2D eigenvalue weighted by Crippen LogP contribution is 2.08. The lowest BCUT2D eigenvalue weighted by atomic mass is 10.4. The quantitative estimate of drug-likeness (QED) is 0.141. The first kappa shape index (κ1) is 52.3. The van der Waals surface area contributed by atoms with Crippen molar-refractivity contribution < 1.29 is 57.2 Å². The lowest BCUT2D eigenvalue weighted by molar-refractivity contribution is 0.167. The number of nitrogens with zero attached hydrogens (tertiary/aromatic N) is 4. The first-order valence-corrected chi connectivity index (χ1v) is 17.1. The molecule has 0 bridgehead atoms. The average Bonchev–Trinajstić information content (AvgIpc) is 3.79. The molecule has 0 aromatic rings. The van der Waals surface area contributed by atoms with E-state index in [9.17, 15) is 17.6 Å². The maximum Gasteiger partial charge on any atom is 0.492 e. The Bertz CT molecular complexity index is 601. The molecule has 0 aromatic carbocycles. The van der Waals surface area contributed by atoms with E-state index in [0.717, 1.165) is 0 Å². The molecule has 0 aliphatic carbocycles. The molecule has 48 heavy (non-hydrogen) atoms. The summed E-state index contributed by atoms with van der Waals surface area (Å²) in [6.45, 7) is 25.1. The zero-order chi connectivity index (χ0) is 37.6. The summed E-state index contributed by atoms with van der Waals surface area (Å²) >= 11 is 0. The molecule has 4 heterocycles. The van der Waals surface area contributed by atoms with E-state index in [1.165, 1.54) is 156 Å². The van der Waals surface area contributed by atoms with Crippen molar-refractivity contribution in [2.45, 2.75) is 105 Å². The fourth-order valence-corrected chi connectivity index (χ4v) is 5.29. The highest BCUT2D eigenvalue weighted by molar-refractivity contribution is 5.55. The molecule has 0 aromatic heterocycles. The van der Waals surface area contributed by atoms with Crippen molar-refractivity contribution in [3.05, 3.63) is 0 Å². The summed E-state index contributed by atoms with van der Waals surface area (Å²) < 4.78 is 39.7. The van der Waals surface area contributed by atoms with E-state index in [1.807, 2.05) is 0 Å². The van der Waals surface area contributed by atoms with E-state index >= 15 is 0 Å². The van der Waals surface area contributed by atoms with Crippen molar-refractivity contribution in [2.75, 3.05) is 78.5 Å². The second kappa shape index (κ2) is 40.6. The first-order valence-electron chi connectivity index (χ1n) is 17.1. The summed E-state index contributed by atoms with van der Waals surface area (Å²) in [5.41, 5.74) is 0. The Morgan fingerprint density at radius 1 is 0.375 bits per heavy atom. The molecule has 0 radical (unpaired) electrons. The molecule has 4 aliphatic heterocycles. The van der Waals surface area contributed by atoms with Crippen molar-refractivity contribution in [2.24, 2.45) is 0 Å². The molecule has 4 rings (SSSR count). The van der Waals surface area contributed by atoms with Gasteiger partial charge >= 0.3 is 24.9 Å². The van der Waals surface area contributed by atoms with E-state index in [-0.39, 0.29) is 0 Å². The molecule has 288 valence electrons. The molecule has 0 spiro atoms. The van der Waals surface area contributed by atoms with Gasteiger partial charge in [-0.1, -0.05) is 27.7 Å². The highest BCUT2D eigenvalue weighted by atomic mass is 19.2. The number of carboxylic acid groups (broad SMARTS) is 4. The summed E-state index contributed by atoms with van der Waals surface area (Å²) in [5.74, 6) is 0. The molecule has 12 nitrogen and oxygen atoms in total. The van der Waals surface area contributed by atoms with Crippen LogP contribution in [0.3, 0.4) is 0 Å². The maximum absolute atomic E-state index is 9.92. The van der Waals surface area contributed by atoms with E-state index in [1.54, 1.807) is 0 Å². The van der Waals surface area contributed by atoms with Crippen LogP contribution < -0.4 is 0 Å². The largest absolute Gasteiger partial charge is 0.492 e. The maximum atomic E-state index is 9.92. The fraction of sp³-hybridized carbons (Fsp3) is 0.875. The number of carbonyl (C=O) groups is 4. The van der Waals surface area contributed by atoms with Gasteiger partial charge in [0.1, 0.15) is 0 Å². The van der Waals surface area contributed by atoms with Crippen LogP contribution in [-0.2, 0) is 0 Å². The van der Waals surface area contributed by atoms with Crippen LogP contribution in [0.5, 0.6) is 0 Å². The van der Waals surface area contributed by atoms with Gasteiger partial charge in [0.05, 0.1) is 0 Å². The Morgan fingerprint density at radius 3 is 0.562 bits per heavy atom. The van der Waals surface area contributed by atoms with Crippen LogP contribution >= 0.6 is 0 Å². The van der Waals surface area contributed by atoms with Gasteiger partial charge in [0.2, 0.25) is 0 Å². The van der Waals surface area contributed by atoms with Gasteiger partial charge in [0.15, 0.2) is 0 Å². The summed E-state index contributed by atoms with van der Waals surface area (Å²) in [7, 11) is 0. The van der Waals surface area contributed by atoms with Crippen LogP contribution in [0.1, 0.15) is 105 Å². The molecule has 0 amide bonds. The summed E-state index contributed by atoms with van der Waals surface area (Å²) in [4.78, 5) is 43.5. The molecule has 4 fully saturated rings. The molecule has 4 aliphatic rings. The van der Waals surface area contributed by atoms with Gasteiger partial charge in [-0.25, -0.2) is 19.2 Å². The number of hydrogen-bond donors (Lipinski definition) is 4. The van der Waals surface area contributed by atoms with E-state index in [0.29, 0.717) is 0 Å². The van der Waals surface area contributed by atoms with Crippen LogP contribution in [0, 0.1) is 0 Å². The zero-order valence-corrected chi connectivity index (χ0v) is 29.7. The van der Waals surface area contributed by atoms with E-state index < -0.39 is 24.9 Å². The van der Waals surface area contributed by atoms with Crippen LogP contribution in [0.15, 0.2) is 0 Å². The lowest BCUT2D eigenvalue weighted by Crippen LogP contribution is -2.19. The predicted octanol–water partition coefficient (Wildman–Crippen LogP) is 8.50. The SMILES string of the molecule is CCCN1CCCC1.CCCN1CCCC1.CCCN1CCCC1.CCCN1CCCC1.O=C(O)F.O=C(O)F.O=C(O)F.O=C(O)F. The molecule has 0 atom stereocenters. The van der Waals surface area contributed by atoms with Gasteiger partial charge < -0.3 is 40.0 Å². The number of rotatable bonds is 8. The Balaban J connectivity index is -0.000000236.